The molecule has 1 saturated heterocycles. The minimum atomic E-state index is 0.380. The number of benzene rings is 1. The fraction of sp³-hybridized carbons (Fsp3) is 0.375. The number of nitrogens with zero attached hydrogens (tertiary/aromatic N) is 2. The molecule has 1 atom stereocenters. The van der Waals surface area contributed by atoms with Gasteiger partial charge in [-0.05, 0) is 19.3 Å². The van der Waals surface area contributed by atoms with E-state index < -0.39 is 0 Å². The Bertz CT molecular complexity index is 582. The van der Waals surface area contributed by atoms with Crippen molar-refractivity contribution in [3.63, 3.8) is 0 Å². The van der Waals surface area contributed by atoms with E-state index in [1.165, 1.54) is 6.42 Å². The molecule has 0 amide bonds. The lowest BCUT2D eigenvalue weighted by molar-refractivity contribution is 0.107. The average Bonchev–Trinajstić information content (AvgIpc) is 3.01. The normalized spacial score (nSPS) is 17.8. The van der Waals surface area contributed by atoms with Crippen LogP contribution in [0.25, 0.3) is 11.4 Å². The molecule has 1 fully saturated rings. The summed E-state index contributed by atoms with van der Waals surface area (Å²) < 4.78 is 5.61. The Kier molecular flexibility index (Phi) is 4.31. The van der Waals surface area contributed by atoms with Crippen LogP contribution in [0.2, 0.25) is 0 Å². The second-order valence-corrected chi connectivity index (χ2v) is 5.22. The predicted octanol–water partition coefficient (Wildman–Crippen LogP) is 2.71. The van der Waals surface area contributed by atoms with Gasteiger partial charge in [0.05, 0.1) is 6.10 Å². The first kappa shape index (κ1) is 13.8. The van der Waals surface area contributed by atoms with Crippen LogP contribution in [0.1, 0.15) is 19.3 Å². The maximum Gasteiger partial charge on any atom is 0.163 e. The summed E-state index contributed by atoms with van der Waals surface area (Å²) in [5, 5.41) is 3.31. The van der Waals surface area contributed by atoms with Gasteiger partial charge < -0.3 is 15.8 Å². The molecule has 1 aliphatic rings. The fourth-order valence-electron chi connectivity index (χ4n) is 2.51. The lowest BCUT2D eigenvalue weighted by atomic mass is 10.2. The molecular formula is C16H20N4O. The van der Waals surface area contributed by atoms with Gasteiger partial charge in [-0.25, -0.2) is 9.97 Å². The highest BCUT2D eigenvalue weighted by atomic mass is 16.5. The van der Waals surface area contributed by atoms with Crippen molar-refractivity contribution in [2.24, 2.45) is 0 Å². The molecule has 0 spiro atoms. The molecule has 21 heavy (non-hydrogen) atoms. The highest BCUT2D eigenvalue weighted by molar-refractivity contribution is 5.60. The van der Waals surface area contributed by atoms with E-state index >= 15 is 0 Å². The maximum atomic E-state index is 5.87. The van der Waals surface area contributed by atoms with Gasteiger partial charge >= 0.3 is 0 Å². The zero-order valence-electron chi connectivity index (χ0n) is 12.0. The van der Waals surface area contributed by atoms with Crippen LogP contribution in [0.4, 0.5) is 11.6 Å². The summed E-state index contributed by atoms with van der Waals surface area (Å²) in [6, 6.07) is 11.6. The molecule has 1 unspecified atom stereocenters. The first-order chi connectivity index (χ1) is 10.3. The SMILES string of the molecule is Nc1cc(NCCC2CCCO2)nc(-c2ccccc2)n1. The standard InChI is InChI=1S/C16H20N4O/c17-14-11-15(18-9-8-13-7-4-10-21-13)20-16(19-14)12-5-2-1-3-6-12/h1-3,5-6,11,13H,4,7-10H2,(H3,17,18,19,20). The molecule has 2 aromatic rings. The quantitative estimate of drug-likeness (QED) is 0.883. The van der Waals surface area contributed by atoms with Gasteiger partial charge in [0.2, 0.25) is 0 Å². The van der Waals surface area contributed by atoms with Gasteiger partial charge in [0.25, 0.3) is 0 Å². The molecule has 5 nitrogen and oxygen atoms in total. The van der Waals surface area contributed by atoms with Crippen LogP contribution < -0.4 is 11.1 Å². The first-order valence-corrected chi connectivity index (χ1v) is 7.37. The minimum Gasteiger partial charge on any atom is -0.384 e. The largest absolute Gasteiger partial charge is 0.384 e. The second kappa shape index (κ2) is 6.54. The van der Waals surface area contributed by atoms with E-state index in [0.29, 0.717) is 17.7 Å². The van der Waals surface area contributed by atoms with Gasteiger partial charge in [-0.3, -0.25) is 0 Å². The summed E-state index contributed by atoms with van der Waals surface area (Å²) in [7, 11) is 0. The van der Waals surface area contributed by atoms with E-state index in [0.717, 1.165) is 37.4 Å². The number of hydrogen-bond donors (Lipinski definition) is 2. The highest BCUT2D eigenvalue weighted by Gasteiger charge is 2.14. The molecular weight excluding hydrogens is 264 g/mol. The third-order valence-corrected chi connectivity index (χ3v) is 3.57. The molecule has 5 heteroatoms. The summed E-state index contributed by atoms with van der Waals surface area (Å²) in [6.07, 6.45) is 3.70. The van der Waals surface area contributed by atoms with Gasteiger partial charge in [-0.1, -0.05) is 30.3 Å². The molecule has 1 aromatic heterocycles. The van der Waals surface area contributed by atoms with Crippen molar-refractivity contribution in [2.75, 3.05) is 24.2 Å². The van der Waals surface area contributed by atoms with Crippen LogP contribution >= 0.6 is 0 Å². The Morgan fingerprint density at radius 3 is 2.86 bits per heavy atom. The fourth-order valence-corrected chi connectivity index (χ4v) is 2.51. The maximum absolute atomic E-state index is 5.87. The Labute approximate surface area is 124 Å². The van der Waals surface area contributed by atoms with Crippen LogP contribution in [0.15, 0.2) is 36.4 Å². The molecule has 0 radical (unpaired) electrons. The lowest BCUT2D eigenvalue weighted by Crippen LogP contribution is -2.13. The van der Waals surface area contributed by atoms with E-state index in [9.17, 15) is 0 Å². The van der Waals surface area contributed by atoms with E-state index in [1.807, 2.05) is 30.3 Å². The zero-order valence-corrected chi connectivity index (χ0v) is 12.0. The number of hydrogen-bond acceptors (Lipinski definition) is 5. The highest BCUT2D eigenvalue weighted by Crippen LogP contribution is 2.19. The molecule has 1 aliphatic heterocycles. The average molecular weight is 284 g/mol. The minimum absolute atomic E-state index is 0.380. The number of nitrogens with two attached hydrogens (primary N) is 1. The summed E-state index contributed by atoms with van der Waals surface area (Å²) in [5.41, 5.74) is 6.84. The number of aromatic nitrogens is 2. The molecule has 0 bridgehead atoms. The number of anilines is 2. The van der Waals surface area contributed by atoms with Crippen LogP contribution in [-0.4, -0.2) is 29.2 Å². The van der Waals surface area contributed by atoms with Crippen molar-refractivity contribution in [1.29, 1.82) is 0 Å². The van der Waals surface area contributed by atoms with Crippen molar-refractivity contribution in [2.45, 2.75) is 25.4 Å². The molecule has 3 N–H and O–H groups in total. The van der Waals surface area contributed by atoms with Crippen LogP contribution in [0.5, 0.6) is 0 Å². The van der Waals surface area contributed by atoms with E-state index in [2.05, 4.69) is 15.3 Å². The van der Waals surface area contributed by atoms with Crippen molar-refractivity contribution in [3.8, 4) is 11.4 Å². The summed E-state index contributed by atoms with van der Waals surface area (Å²) in [4.78, 5) is 8.82. The van der Waals surface area contributed by atoms with Crippen molar-refractivity contribution >= 4 is 11.6 Å². The Hall–Kier alpha value is -2.14. The van der Waals surface area contributed by atoms with Gasteiger partial charge in [0.1, 0.15) is 11.6 Å². The Morgan fingerprint density at radius 1 is 1.24 bits per heavy atom. The van der Waals surface area contributed by atoms with Crippen molar-refractivity contribution < 1.29 is 4.74 Å². The van der Waals surface area contributed by atoms with Gasteiger partial charge in [0, 0.05) is 24.8 Å². The summed E-state index contributed by atoms with van der Waals surface area (Å²) >= 11 is 0. The third kappa shape index (κ3) is 3.70. The lowest BCUT2D eigenvalue weighted by Gasteiger charge is -2.11. The van der Waals surface area contributed by atoms with Crippen molar-refractivity contribution in [3.05, 3.63) is 36.4 Å². The molecule has 110 valence electrons. The van der Waals surface area contributed by atoms with Crippen molar-refractivity contribution in [1.82, 2.24) is 9.97 Å². The van der Waals surface area contributed by atoms with Gasteiger partial charge in [-0.15, -0.1) is 0 Å². The topological polar surface area (TPSA) is 73.1 Å². The number of nitrogens with one attached hydrogen (secondary N) is 1. The first-order valence-electron chi connectivity index (χ1n) is 7.37. The number of rotatable bonds is 5. The molecule has 0 saturated carbocycles. The van der Waals surface area contributed by atoms with Gasteiger partial charge in [0.15, 0.2) is 5.82 Å². The molecule has 3 rings (SSSR count). The molecule has 1 aromatic carbocycles. The van der Waals surface area contributed by atoms with Crippen LogP contribution in [0, 0.1) is 0 Å². The molecule has 0 aliphatic carbocycles. The Morgan fingerprint density at radius 2 is 2.10 bits per heavy atom. The summed E-state index contributed by atoms with van der Waals surface area (Å²) in [5.74, 6) is 1.89. The van der Waals surface area contributed by atoms with E-state index in [4.69, 9.17) is 10.5 Å². The monoisotopic (exact) mass is 284 g/mol. The van der Waals surface area contributed by atoms with Crippen LogP contribution in [-0.2, 0) is 4.74 Å². The van der Waals surface area contributed by atoms with E-state index in [1.54, 1.807) is 6.07 Å². The van der Waals surface area contributed by atoms with Crippen LogP contribution in [0.3, 0.4) is 0 Å². The smallest absolute Gasteiger partial charge is 0.163 e. The Balaban J connectivity index is 1.66. The van der Waals surface area contributed by atoms with E-state index in [-0.39, 0.29) is 0 Å². The second-order valence-electron chi connectivity index (χ2n) is 5.22. The zero-order chi connectivity index (χ0) is 14.5. The molecule has 2 heterocycles. The van der Waals surface area contributed by atoms with Gasteiger partial charge in [-0.2, -0.15) is 0 Å². The number of nitrogen functional groups attached to an aromatic ring is 1. The number of ether oxygens (including phenoxy) is 1. The third-order valence-electron chi connectivity index (χ3n) is 3.57. The predicted molar refractivity (Wildman–Crippen MR) is 84.0 cm³/mol. The summed E-state index contributed by atoms with van der Waals surface area (Å²) in [6.45, 7) is 1.72.